The molecule has 0 fully saturated rings. The highest BCUT2D eigenvalue weighted by Crippen LogP contribution is 2.21. The zero-order valence-corrected chi connectivity index (χ0v) is 13.0. The first kappa shape index (κ1) is 14.3. The number of hydrogen-bond donors (Lipinski definition) is 3. The average Bonchev–Trinajstić information content (AvgIpc) is 2.90. The van der Waals surface area contributed by atoms with Crippen molar-refractivity contribution in [2.24, 2.45) is 5.10 Å². The Labute approximate surface area is 134 Å². The Morgan fingerprint density at radius 3 is 2.91 bits per heavy atom. The topological polar surface area (TPSA) is 77.5 Å². The van der Waals surface area contributed by atoms with Crippen LogP contribution in [0.15, 0.2) is 58.2 Å². The Balaban J connectivity index is 1.78. The van der Waals surface area contributed by atoms with Crippen molar-refractivity contribution in [3.63, 3.8) is 0 Å². The van der Waals surface area contributed by atoms with Gasteiger partial charge in [0.15, 0.2) is 0 Å². The molecule has 3 rings (SSSR count). The van der Waals surface area contributed by atoms with E-state index in [0.29, 0.717) is 0 Å². The normalized spacial score (nSPS) is 11.1. The number of nitrogens with zero attached hydrogens (tertiary/aromatic N) is 1. The fraction of sp³-hybridized carbons (Fsp3) is 0. The smallest absolute Gasteiger partial charge is 0.275 e. The second kappa shape index (κ2) is 6.03. The molecule has 5 nitrogen and oxygen atoms in total. The van der Waals surface area contributed by atoms with E-state index in [-0.39, 0.29) is 11.3 Å². The van der Waals surface area contributed by atoms with Crippen LogP contribution in [0, 0.1) is 0 Å². The van der Waals surface area contributed by atoms with Gasteiger partial charge in [-0.05, 0) is 30.3 Å². The molecule has 0 saturated heterocycles. The molecular weight excluding hydrogens is 346 g/mol. The van der Waals surface area contributed by atoms with Gasteiger partial charge in [-0.15, -0.1) is 0 Å². The molecule has 0 radical (unpaired) electrons. The number of phenolic OH excluding ortho intramolecular Hbond substituents is 1. The second-order valence-electron chi connectivity index (χ2n) is 4.65. The van der Waals surface area contributed by atoms with Crippen LogP contribution in [0.2, 0.25) is 0 Å². The number of aromatic amines is 1. The van der Waals surface area contributed by atoms with Crippen LogP contribution >= 0.6 is 15.9 Å². The number of phenols is 1. The molecule has 3 N–H and O–H groups in total. The van der Waals surface area contributed by atoms with E-state index in [0.717, 1.165) is 20.9 Å². The zero-order valence-electron chi connectivity index (χ0n) is 11.4. The first-order valence-electron chi connectivity index (χ1n) is 6.53. The van der Waals surface area contributed by atoms with E-state index in [1.165, 1.54) is 12.1 Å². The van der Waals surface area contributed by atoms with Crippen molar-refractivity contribution >= 4 is 39.0 Å². The lowest BCUT2D eigenvalue weighted by Gasteiger charge is -2.01. The lowest BCUT2D eigenvalue weighted by Crippen LogP contribution is -2.17. The van der Waals surface area contributed by atoms with Gasteiger partial charge < -0.3 is 10.1 Å². The highest BCUT2D eigenvalue weighted by molar-refractivity contribution is 9.10. The van der Waals surface area contributed by atoms with Crippen molar-refractivity contribution in [1.82, 2.24) is 10.4 Å². The molecule has 2 aromatic carbocycles. The molecule has 1 amide bonds. The fourth-order valence-corrected chi connectivity index (χ4v) is 2.47. The van der Waals surface area contributed by atoms with Crippen molar-refractivity contribution in [3.8, 4) is 5.75 Å². The van der Waals surface area contributed by atoms with Gasteiger partial charge in [0, 0.05) is 27.1 Å². The number of fused-ring (bicyclic) bond motifs is 1. The first-order valence-corrected chi connectivity index (χ1v) is 7.32. The fourth-order valence-electron chi connectivity index (χ4n) is 2.11. The lowest BCUT2D eigenvalue weighted by atomic mass is 10.2. The molecule has 1 aromatic heterocycles. The van der Waals surface area contributed by atoms with Gasteiger partial charge in [-0.25, -0.2) is 5.43 Å². The Morgan fingerprint density at radius 2 is 2.09 bits per heavy atom. The van der Waals surface area contributed by atoms with Crippen molar-refractivity contribution in [2.45, 2.75) is 0 Å². The summed E-state index contributed by atoms with van der Waals surface area (Å²) in [6.45, 7) is 0. The number of para-hydroxylation sites is 1. The number of halogens is 1. The summed E-state index contributed by atoms with van der Waals surface area (Å²) < 4.78 is 0.965. The van der Waals surface area contributed by atoms with E-state index in [1.54, 1.807) is 18.3 Å². The molecule has 0 aliphatic rings. The Morgan fingerprint density at radius 1 is 1.27 bits per heavy atom. The Bertz CT molecular complexity index is 871. The summed E-state index contributed by atoms with van der Waals surface area (Å²) in [6, 6.07) is 12.2. The van der Waals surface area contributed by atoms with Crippen LogP contribution in [0.1, 0.15) is 15.9 Å². The molecule has 0 unspecified atom stereocenters. The van der Waals surface area contributed by atoms with Gasteiger partial charge in [0.2, 0.25) is 0 Å². The van der Waals surface area contributed by atoms with Crippen LogP contribution in [-0.4, -0.2) is 22.2 Å². The van der Waals surface area contributed by atoms with Crippen molar-refractivity contribution < 1.29 is 9.90 Å². The van der Waals surface area contributed by atoms with Gasteiger partial charge in [0.25, 0.3) is 5.91 Å². The van der Waals surface area contributed by atoms with Crippen LogP contribution in [0.25, 0.3) is 10.9 Å². The van der Waals surface area contributed by atoms with Gasteiger partial charge in [-0.3, -0.25) is 4.79 Å². The van der Waals surface area contributed by atoms with E-state index in [4.69, 9.17) is 0 Å². The standard InChI is InChI=1S/C16H12BrN3O2/c17-11-5-6-14-13(7-11)10(8-18-14)9-19-20-16(22)12-3-1-2-4-15(12)21/h1-9,18,21H,(H,20,22). The summed E-state index contributed by atoms with van der Waals surface area (Å²) in [7, 11) is 0. The molecule has 0 saturated carbocycles. The Hall–Kier alpha value is -2.60. The molecule has 0 aliphatic carbocycles. The number of carbonyl (C=O) groups is 1. The van der Waals surface area contributed by atoms with Crippen LogP contribution < -0.4 is 5.43 Å². The highest BCUT2D eigenvalue weighted by Gasteiger charge is 2.08. The van der Waals surface area contributed by atoms with E-state index >= 15 is 0 Å². The third-order valence-electron chi connectivity index (χ3n) is 3.19. The SMILES string of the molecule is O=C(NN=Cc1c[nH]c2ccc(Br)cc12)c1ccccc1O. The number of nitrogens with one attached hydrogen (secondary N) is 2. The molecular formula is C16H12BrN3O2. The molecule has 22 heavy (non-hydrogen) atoms. The van der Waals surface area contributed by atoms with E-state index in [9.17, 15) is 9.90 Å². The molecule has 0 bridgehead atoms. The molecule has 1 heterocycles. The quantitative estimate of drug-likeness (QED) is 0.496. The zero-order chi connectivity index (χ0) is 15.5. The lowest BCUT2D eigenvalue weighted by molar-refractivity contribution is 0.0952. The average molecular weight is 358 g/mol. The van der Waals surface area contributed by atoms with Crippen LogP contribution in [0.4, 0.5) is 0 Å². The summed E-state index contributed by atoms with van der Waals surface area (Å²) in [6.07, 6.45) is 3.37. The maximum absolute atomic E-state index is 11.9. The number of hydrogen-bond acceptors (Lipinski definition) is 3. The maximum Gasteiger partial charge on any atom is 0.275 e. The maximum atomic E-state index is 11.9. The summed E-state index contributed by atoms with van der Waals surface area (Å²) in [5.74, 6) is -0.540. The number of amides is 1. The molecule has 3 aromatic rings. The van der Waals surface area contributed by atoms with Gasteiger partial charge in [-0.1, -0.05) is 28.1 Å². The predicted molar refractivity (Wildman–Crippen MR) is 89.2 cm³/mol. The number of hydrazone groups is 1. The number of H-pyrrole nitrogens is 1. The van der Waals surface area contributed by atoms with Crippen LogP contribution in [-0.2, 0) is 0 Å². The summed E-state index contributed by atoms with van der Waals surface area (Å²) >= 11 is 3.43. The van der Waals surface area contributed by atoms with Gasteiger partial charge >= 0.3 is 0 Å². The third kappa shape index (κ3) is 2.87. The summed E-state index contributed by atoms with van der Waals surface area (Å²) in [5.41, 5.74) is 4.42. The number of benzene rings is 2. The molecule has 0 spiro atoms. The number of aromatic hydroxyl groups is 1. The molecule has 0 aliphatic heterocycles. The first-order chi connectivity index (χ1) is 10.6. The second-order valence-corrected chi connectivity index (χ2v) is 5.57. The minimum Gasteiger partial charge on any atom is -0.507 e. The number of carbonyl (C=O) groups excluding carboxylic acids is 1. The molecule has 0 atom stereocenters. The monoisotopic (exact) mass is 357 g/mol. The van der Waals surface area contributed by atoms with Crippen LogP contribution in [0.3, 0.4) is 0 Å². The van der Waals surface area contributed by atoms with Crippen LogP contribution in [0.5, 0.6) is 5.75 Å². The third-order valence-corrected chi connectivity index (χ3v) is 3.69. The van der Waals surface area contributed by atoms with E-state index in [2.05, 4.69) is 31.4 Å². The van der Waals surface area contributed by atoms with E-state index < -0.39 is 5.91 Å². The van der Waals surface area contributed by atoms with Gasteiger partial charge in [0.1, 0.15) is 5.75 Å². The minimum absolute atomic E-state index is 0.0776. The van der Waals surface area contributed by atoms with Crippen molar-refractivity contribution in [1.29, 1.82) is 0 Å². The summed E-state index contributed by atoms with van der Waals surface area (Å²) in [5, 5.41) is 14.5. The van der Waals surface area contributed by atoms with Crippen molar-refractivity contribution in [2.75, 3.05) is 0 Å². The number of aromatic nitrogens is 1. The molecule has 110 valence electrons. The van der Waals surface area contributed by atoms with Gasteiger partial charge in [0.05, 0.1) is 11.8 Å². The Kier molecular flexibility index (Phi) is 3.93. The van der Waals surface area contributed by atoms with Crippen molar-refractivity contribution in [3.05, 3.63) is 64.3 Å². The highest BCUT2D eigenvalue weighted by atomic mass is 79.9. The largest absolute Gasteiger partial charge is 0.507 e. The predicted octanol–water partition coefficient (Wildman–Crippen LogP) is 3.40. The van der Waals surface area contributed by atoms with E-state index in [1.807, 2.05) is 24.4 Å². The van der Waals surface area contributed by atoms with Gasteiger partial charge in [-0.2, -0.15) is 5.10 Å². The number of rotatable bonds is 3. The minimum atomic E-state index is -0.463. The summed E-state index contributed by atoms with van der Waals surface area (Å²) in [4.78, 5) is 15.0. The molecule has 6 heteroatoms.